The van der Waals surface area contributed by atoms with Gasteiger partial charge in [-0.1, -0.05) is 12.1 Å². The van der Waals surface area contributed by atoms with Crippen molar-refractivity contribution in [1.29, 1.82) is 0 Å². The third-order valence-electron chi connectivity index (χ3n) is 3.12. The average Bonchev–Trinajstić information content (AvgIpc) is 3.00. The van der Waals surface area contributed by atoms with E-state index in [1.807, 2.05) is 0 Å². The molecule has 0 aliphatic heterocycles. The number of carbonyl (C=O) groups excluding carboxylic acids is 1. The molecule has 1 aromatic carbocycles. The average molecular weight is 334 g/mol. The predicted molar refractivity (Wildman–Crippen MR) is 68.0 cm³/mol. The number of amides is 1. The maximum Gasteiger partial charge on any atom is 0.412 e. The molecule has 5 nitrogen and oxygen atoms in total. The lowest BCUT2D eigenvalue weighted by Crippen LogP contribution is -2.41. The number of aromatic nitrogens is 3. The zero-order valence-electron chi connectivity index (χ0n) is 11.7. The molecule has 0 saturated carbocycles. The molecule has 1 heterocycles. The molecule has 0 spiro atoms. The van der Waals surface area contributed by atoms with Crippen molar-refractivity contribution in [2.45, 2.75) is 25.2 Å². The highest BCUT2D eigenvalue weighted by Gasteiger charge is 2.44. The van der Waals surface area contributed by atoms with Crippen LogP contribution in [0, 0.1) is 11.6 Å². The van der Waals surface area contributed by atoms with Crippen molar-refractivity contribution in [2.75, 3.05) is 0 Å². The molecule has 2 aromatic rings. The van der Waals surface area contributed by atoms with Crippen LogP contribution in [0.15, 0.2) is 30.9 Å². The fourth-order valence-electron chi connectivity index (χ4n) is 1.88. The van der Waals surface area contributed by atoms with Crippen LogP contribution in [-0.2, 0) is 4.79 Å². The SMILES string of the molecule is C[C@@H](C(=O)N[C@H](c1cccc(F)c1F)C(F)(F)F)n1cncn1. The van der Waals surface area contributed by atoms with Gasteiger partial charge in [0.25, 0.3) is 0 Å². The number of hydrogen-bond acceptors (Lipinski definition) is 3. The number of benzene rings is 1. The Kier molecular flexibility index (Phi) is 4.62. The van der Waals surface area contributed by atoms with Crippen molar-refractivity contribution in [3.05, 3.63) is 48.1 Å². The van der Waals surface area contributed by atoms with Gasteiger partial charge in [-0.05, 0) is 13.0 Å². The number of hydrogen-bond donors (Lipinski definition) is 1. The molecule has 0 bridgehead atoms. The maximum atomic E-state index is 13.7. The van der Waals surface area contributed by atoms with E-state index in [2.05, 4.69) is 10.1 Å². The molecule has 1 aromatic heterocycles. The molecule has 10 heteroatoms. The summed E-state index contributed by atoms with van der Waals surface area (Å²) in [6.07, 6.45) is -2.75. The molecule has 0 saturated heterocycles. The predicted octanol–water partition coefficient (Wildman–Crippen LogP) is 2.54. The van der Waals surface area contributed by atoms with Crippen LogP contribution < -0.4 is 5.32 Å². The monoisotopic (exact) mass is 334 g/mol. The van der Waals surface area contributed by atoms with Crippen LogP contribution in [0.1, 0.15) is 24.6 Å². The highest BCUT2D eigenvalue weighted by molar-refractivity contribution is 5.80. The van der Waals surface area contributed by atoms with E-state index in [0.29, 0.717) is 6.07 Å². The lowest BCUT2D eigenvalue weighted by molar-refractivity contribution is -0.165. The topological polar surface area (TPSA) is 59.8 Å². The van der Waals surface area contributed by atoms with Crippen LogP contribution in [-0.4, -0.2) is 26.8 Å². The van der Waals surface area contributed by atoms with Crippen molar-refractivity contribution in [1.82, 2.24) is 20.1 Å². The fraction of sp³-hybridized carbons (Fsp3) is 0.308. The molecule has 0 aliphatic rings. The minimum atomic E-state index is -5.01. The lowest BCUT2D eigenvalue weighted by atomic mass is 10.0. The first-order chi connectivity index (χ1) is 10.7. The van der Waals surface area contributed by atoms with Gasteiger partial charge < -0.3 is 5.32 Å². The standard InChI is InChI=1S/C13H11F5N4O/c1-7(22-6-19-5-20-22)12(23)21-11(13(16,17)18)8-3-2-4-9(14)10(8)15/h2-7,11H,1H3,(H,21,23)/t7-,11+/m0/s1. The summed E-state index contributed by atoms with van der Waals surface area (Å²) >= 11 is 0. The van der Waals surface area contributed by atoms with Crippen molar-refractivity contribution in [3.63, 3.8) is 0 Å². The van der Waals surface area contributed by atoms with Gasteiger partial charge >= 0.3 is 6.18 Å². The highest BCUT2D eigenvalue weighted by Crippen LogP contribution is 2.34. The normalized spacial score (nSPS) is 14.3. The molecule has 124 valence electrons. The third kappa shape index (κ3) is 3.63. The van der Waals surface area contributed by atoms with E-state index in [-0.39, 0.29) is 0 Å². The van der Waals surface area contributed by atoms with Crippen molar-refractivity contribution in [2.24, 2.45) is 0 Å². The summed E-state index contributed by atoms with van der Waals surface area (Å²) in [6.45, 7) is 1.29. The number of halogens is 5. The van der Waals surface area contributed by atoms with Gasteiger partial charge in [-0.3, -0.25) is 4.79 Å². The van der Waals surface area contributed by atoms with Gasteiger partial charge in [0.1, 0.15) is 18.7 Å². The summed E-state index contributed by atoms with van der Waals surface area (Å²) in [5, 5.41) is 5.31. The Bertz CT molecular complexity index is 686. The van der Waals surface area contributed by atoms with Crippen LogP contribution in [0.5, 0.6) is 0 Å². The van der Waals surface area contributed by atoms with Gasteiger partial charge in [0, 0.05) is 5.56 Å². The zero-order chi connectivity index (χ0) is 17.2. The van der Waals surface area contributed by atoms with Crippen molar-refractivity contribution in [3.8, 4) is 0 Å². The smallest absolute Gasteiger partial charge is 0.339 e. The Morgan fingerprint density at radius 2 is 2.00 bits per heavy atom. The minimum absolute atomic E-state index is 0.687. The van der Waals surface area contributed by atoms with Gasteiger partial charge in [0.15, 0.2) is 17.7 Å². The zero-order valence-corrected chi connectivity index (χ0v) is 11.7. The molecule has 0 unspecified atom stereocenters. The minimum Gasteiger partial charge on any atom is -0.339 e. The first-order valence-corrected chi connectivity index (χ1v) is 6.37. The molecule has 0 fully saturated rings. The summed E-state index contributed by atoms with van der Waals surface area (Å²) < 4.78 is 67.3. The van der Waals surface area contributed by atoms with Crippen LogP contribution in [0.25, 0.3) is 0 Å². The molecule has 1 amide bonds. The molecule has 0 aliphatic carbocycles. The lowest BCUT2D eigenvalue weighted by Gasteiger charge is -2.24. The second-order valence-corrected chi connectivity index (χ2v) is 4.68. The van der Waals surface area contributed by atoms with Gasteiger partial charge in [-0.15, -0.1) is 0 Å². The second kappa shape index (κ2) is 6.31. The van der Waals surface area contributed by atoms with E-state index in [1.165, 1.54) is 6.92 Å². The third-order valence-corrected chi connectivity index (χ3v) is 3.12. The van der Waals surface area contributed by atoms with E-state index >= 15 is 0 Å². The summed E-state index contributed by atoms with van der Waals surface area (Å²) in [6, 6.07) is -1.42. The number of nitrogens with one attached hydrogen (secondary N) is 1. The van der Waals surface area contributed by atoms with Gasteiger partial charge in [-0.25, -0.2) is 18.4 Å². The van der Waals surface area contributed by atoms with Crippen LogP contribution in [0.3, 0.4) is 0 Å². The van der Waals surface area contributed by atoms with Crippen LogP contribution in [0.4, 0.5) is 22.0 Å². The van der Waals surface area contributed by atoms with Crippen LogP contribution >= 0.6 is 0 Å². The Morgan fingerprint density at radius 3 is 2.57 bits per heavy atom. The fourth-order valence-corrected chi connectivity index (χ4v) is 1.88. The molecule has 2 atom stereocenters. The Hall–Kier alpha value is -2.52. The van der Waals surface area contributed by atoms with E-state index in [1.54, 1.807) is 5.32 Å². The van der Waals surface area contributed by atoms with Gasteiger partial charge in [-0.2, -0.15) is 18.3 Å². The number of carbonyl (C=O) groups is 1. The Morgan fingerprint density at radius 1 is 1.30 bits per heavy atom. The largest absolute Gasteiger partial charge is 0.412 e. The number of alkyl halides is 3. The first kappa shape index (κ1) is 16.8. The van der Waals surface area contributed by atoms with E-state index in [0.717, 1.165) is 29.5 Å². The van der Waals surface area contributed by atoms with Crippen LogP contribution in [0.2, 0.25) is 0 Å². The van der Waals surface area contributed by atoms with E-state index in [9.17, 15) is 26.7 Å². The summed E-state index contributed by atoms with van der Waals surface area (Å²) in [5.41, 5.74) is -1.00. The number of rotatable bonds is 4. The molecule has 23 heavy (non-hydrogen) atoms. The summed E-state index contributed by atoms with van der Waals surface area (Å²) in [4.78, 5) is 15.5. The Balaban J connectivity index is 2.30. The van der Waals surface area contributed by atoms with Gasteiger partial charge in [0.2, 0.25) is 5.91 Å². The Labute approximate surface area is 127 Å². The maximum absolute atomic E-state index is 13.7. The molecular weight excluding hydrogens is 323 g/mol. The quantitative estimate of drug-likeness (QED) is 0.874. The molecule has 0 radical (unpaired) electrons. The van der Waals surface area contributed by atoms with E-state index in [4.69, 9.17) is 0 Å². The van der Waals surface area contributed by atoms with Crippen molar-refractivity contribution < 1.29 is 26.7 Å². The first-order valence-electron chi connectivity index (χ1n) is 6.37. The van der Waals surface area contributed by atoms with E-state index < -0.39 is 41.4 Å². The van der Waals surface area contributed by atoms with Crippen molar-refractivity contribution >= 4 is 5.91 Å². The summed E-state index contributed by atoms with van der Waals surface area (Å²) in [5.74, 6) is -4.17. The second-order valence-electron chi connectivity index (χ2n) is 4.68. The highest BCUT2D eigenvalue weighted by atomic mass is 19.4. The molecule has 2 rings (SSSR count). The molecule has 1 N–H and O–H groups in total. The number of nitrogens with zero attached hydrogens (tertiary/aromatic N) is 3. The summed E-state index contributed by atoms with van der Waals surface area (Å²) in [7, 11) is 0. The van der Waals surface area contributed by atoms with Gasteiger partial charge in [0.05, 0.1) is 0 Å². The molecular formula is C13H11F5N4O.